The molecule has 3 nitrogen and oxygen atoms in total. The van der Waals surface area contributed by atoms with E-state index in [0.717, 1.165) is 30.9 Å². The van der Waals surface area contributed by atoms with Crippen LogP contribution in [-0.4, -0.2) is 12.5 Å². The molecule has 2 aromatic carbocycles. The highest BCUT2D eigenvalue weighted by molar-refractivity contribution is 5.95. The predicted molar refractivity (Wildman–Crippen MR) is 81.8 cm³/mol. The Kier molecular flexibility index (Phi) is 3.68. The minimum Gasteiger partial charge on any atom is -0.381 e. The molecule has 3 heteroatoms. The van der Waals surface area contributed by atoms with Gasteiger partial charge in [0.25, 0.3) is 0 Å². The van der Waals surface area contributed by atoms with Gasteiger partial charge in [0.05, 0.1) is 0 Å². The molecule has 20 heavy (non-hydrogen) atoms. The van der Waals surface area contributed by atoms with Crippen LogP contribution >= 0.6 is 0 Å². The number of anilines is 2. The van der Waals surface area contributed by atoms with E-state index in [1.165, 1.54) is 5.56 Å². The van der Waals surface area contributed by atoms with Crippen molar-refractivity contribution >= 4 is 17.3 Å². The number of rotatable bonds is 4. The Labute approximate surface area is 119 Å². The Hall–Kier alpha value is -2.29. The second kappa shape index (κ2) is 5.78. The fourth-order valence-electron chi connectivity index (χ4n) is 2.50. The molecule has 0 spiro atoms. The molecule has 0 radical (unpaired) electrons. The summed E-state index contributed by atoms with van der Waals surface area (Å²) in [4.78, 5) is 13.6. The molecular weight excluding hydrogens is 248 g/mol. The molecular formula is C17H18N2O. The molecule has 0 atom stereocenters. The smallest absolute Gasteiger partial charge is 0.227 e. The lowest BCUT2D eigenvalue weighted by Crippen LogP contribution is -2.23. The average Bonchev–Trinajstić information content (AvgIpc) is 2.93. The van der Waals surface area contributed by atoms with Crippen LogP contribution in [0.4, 0.5) is 11.4 Å². The number of carbonyl (C=O) groups excluding carboxylic acids is 1. The molecule has 0 aliphatic carbocycles. The van der Waals surface area contributed by atoms with Crippen molar-refractivity contribution in [2.45, 2.75) is 19.4 Å². The van der Waals surface area contributed by atoms with E-state index in [9.17, 15) is 4.79 Å². The fourth-order valence-corrected chi connectivity index (χ4v) is 2.50. The van der Waals surface area contributed by atoms with Gasteiger partial charge in [0, 0.05) is 30.9 Å². The molecule has 1 aliphatic heterocycles. The number of nitrogens with one attached hydrogen (secondary N) is 1. The van der Waals surface area contributed by atoms with Gasteiger partial charge in [-0.15, -0.1) is 0 Å². The summed E-state index contributed by atoms with van der Waals surface area (Å²) < 4.78 is 0. The van der Waals surface area contributed by atoms with Gasteiger partial charge < -0.3 is 10.2 Å². The molecule has 1 heterocycles. The molecule has 1 saturated heterocycles. The molecule has 0 bridgehead atoms. The van der Waals surface area contributed by atoms with Crippen LogP contribution in [0.2, 0.25) is 0 Å². The van der Waals surface area contributed by atoms with Crippen molar-refractivity contribution in [2.24, 2.45) is 0 Å². The number of nitrogens with zero attached hydrogens (tertiary/aromatic N) is 1. The van der Waals surface area contributed by atoms with Gasteiger partial charge in [-0.25, -0.2) is 0 Å². The van der Waals surface area contributed by atoms with Crippen molar-refractivity contribution in [2.75, 3.05) is 16.8 Å². The Morgan fingerprint density at radius 1 is 1.05 bits per heavy atom. The maximum Gasteiger partial charge on any atom is 0.227 e. The third-order valence-electron chi connectivity index (χ3n) is 3.57. The van der Waals surface area contributed by atoms with Crippen LogP contribution in [0.1, 0.15) is 18.4 Å². The van der Waals surface area contributed by atoms with E-state index in [2.05, 4.69) is 17.4 Å². The lowest BCUT2D eigenvalue weighted by Gasteiger charge is -2.17. The summed E-state index contributed by atoms with van der Waals surface area (Å²) in [5.41, 5.74) is 3.28. The molecule has 1 fully saturated rings. The third-order valence-corrected chi connectivity index (χ3v) is 3.57. The quantitative estimate of drug-likeness (QED) is 0.919. The lowest BCUT2D eigenvalue weighted by atomic mass is 10.2. The first-order chi connectivity index (χ1) is 9.83. The van der Waals surface area contributed by atoms with Crippen LogP contribution in [0.15, 0.2) is 54.6 Å². The van der Waals surface area contributed by atoms with Crippen LogP contribution < -0.4 is 10.2 Å². The summed E-state index contributed by atoms with van der Waals surface area (Å²) in [5, 5.41) is 3.40. The first-order valence-corrected chi connectivity index (χ1v) is 7.01. The van der Waals surface area contributed by atoms with Crippen molar-refractivity contribution < 1.29 is 4.79 Å². The van der Waals surface area contributed by atoms with Gasteiger partial charge in [-0.05, 0) is 30.2 Å². The minimum atomic E-state index is 0.227. The maximum atomic E-state index is 11.8. The summed E-state index contributed by atoms with van der Waals surface area (Å²) in [5.74, 6) is 0.227. The molecule has 0 aromatic heterocycles. The van der Waals surface area contributed by atoms with Crippen LogP contribution in [0.3, 0.4) is 0 Å². The molecule has 1 aliphatic rings. The van der Waals surface area contributed by atoms with Gasteiger partial charge in [-0.2, -0.15) is 0 Å². The van der Waals surface area contributed by atoms with Gasteiger partial charge in [-0.3, -0.25) is 4.79 Å². The summed E-state index contributed by atoms with van der Waals surface area (Å²) in [7, 11) is 0. The van der Waals surface area contributed by atoms with Gasteiger partial charge in [0.1, 0.15) is 0 Å². The second-order valence-electron chi connectivity index (χ2n) is 5.04. The zero-order valence-corrected chi connectivity index (χ0v) is 11.4. The van der Waals surface area contributed by atoms with Crippen molar-refractivity contribution in [1.82, 2.24) is 0 Å². The number of carbonyl (C=O) groups is 1. The van der Waals surface area contributed by atoms with Crippen LogP contribution in [0, 0.1) is 0 Å². The van der Waals surface area contributed by atoms with E-state index in [4.69, 9.17) is 0 Å². The Morgan fingerprint density at radius 2 is 1.90 bits per heavy atom. The number of hydrogen-bond acceptors (Lipinski definition) is 2. The van der Waals surface area contributed by atoms with E-state index in [1.54, 1.807) is 0 Å². The number of hydrogen-bond donors (Lipinski definition) is 1. The Morgan fingerprint density at radius 3 is 2.65 bits per heavy atom. The molecule has 0 unspecified atom stereocenters. The summed E-state index contributed by atoms with van der Waals surface area (Å²) in [6.45, 7) is 1.62. The first kappa shape index (κ1) is 12.7. The zero-order chi connectivity index (χ0) is 13.8. The van der Waals surface area contributed by atoms with Gasteiger partial charge >= 0.3 is 0 Å². The standard InChI is InChI=1S/C17H18N2O/c20-17-10-5-11-19(17)16-9-4-8-15(12-16)18-13-14-6-2-1-3-7-14/h1-4,6-9,12,18H,5,10-11,13H2. The second-order valence-corrected chi connectivity index (χ2v) is 5.04. The molecule has 102 valence electrons. The van der Waals surface area contributed by atoms with E-state index >= 15 is 0 Å². The normalized spacial score (nSPS) is 14.6. The minimum absolute atomic E-state index is 0.227. The molecule has 1 N–H and O–H groups in total. The van der Waals surface area contributed by atoms with E-state index < -0.39 is 0 Å². The van der Waals surface area contributed by atoms with Gasteiger partial charge in [0.2, 0.25) is 5.91 Å². The lowest BCUT2D eigenvalue weighted by molar-refractivity contribution is -0.117. The maximum absolute atomic E-state index is 11.8. The first-order valence-electron chi connectivity index (χ1n) is 7.01. The number of benzene rings is 2. The highest BCUT2D eigenvalue weighted by Gasteiger charge is 2.21. The van der Waals surface area contributed by atoms with Crippen molar-refractivity contribution in [3.63, 3.8) is 0 Å². The highest BCUT2D eigenvalue weighted by atomic mass is 16.2. The fraction of sp³-hybridized carbons (Fsp3) is 0.235. The Balaban J connectivity index is 1.70. The summed E-state index contributed by atoms with van der Waals surface area (Å²) >= 11 is 0. The zero-order valence-electron chi connectivity index (χ0n) is 11.4. The van der Waals surface area contributed by atoms with Gasteiger partial charge in [-0.1, -0.05) is 36.4 Å². The van der Waals surface area contributed by atoms with Crippen LogP contribution in [-0.2, 0) is 11.3 Å². The topological polar surface area (TPSA) is 32.3 Å². The van der Waals surface area contributed by atoms with Crippen LogP contribution in [0.5, 0.6) is 0 Å². The predicted octanol–water partition coefficient (Wildman–Crippen LogP) is 3.43. The summed E-state index contributed by atoms with van der Waals surface area (Å²) in [6, 6.07) is 18.4. The molecule has 2 aromatic rings. The van der Waals surface area contributed by atoms with Crippen LogP contribution in [0.25, 0.3) is 0 Å². The SMILES string of the molecule is O=C1CCCN1c1cccc(NCc2ccccc2)c1. The molecule has 0 saturated carbocycles. The monoisotopic (exact) mass is 266 g/mol. The number of amides is 1. The average molecular weight is 266 g/mol. The summed E-state index contributed by atoms with van der Waals surface area (Å²) in [6.07, 6.45) is 1.63. The van der Waals surface area contributed by atoms with Crippen molar-refractivity contribution in [3.05, 3.63) is 60.2 Å². The third kappa shape index (κ3) is 2.82. The highest BCUT2D eigenvalue weighted by Crippen LogP contribution is 2.24. The Bertz CT molecular complexity index is 595. The largest absolute Gasteiger partial charge is 0.381 e. The van der Waals surface area contributed by atoms with E-state index in [-0.39, 0.29) is 5.91 Å². The van der Waals surface area contributed by atoms with Crippen molar-refractivity contribution in [3.8, 4) is 0 Å². The van der Waals surface area contributed by atoms with Crippen molar-refractivity contribution in [1.29, 1.82) is 0 Å². The van der Waals surface area contributed by atoms with E-state index in [1.807, 2.05) is 47.4 Å². The van der Waals surface area contributed by atoms with E-state index in [0.29, 0.717) is 6.42 Å². The molecule has 3 rings (SSSR count). The van der Waals surface area contributed by atoms with Gasteiger partial charge in [0.15, 0.2) is 0 Å². The molecule has 1 amide bonds.